The normalized spacial score (nSPS) is 12.6. The number of hydrogen-bond donors (Lipinski definition) is 1. The number of benzene rings is 1. The van der Waals surface area contributed by atoms with Crippen molar-refractivity contribution in [1.82, 2.24) is 5.32 Å². The second-order valence-electron chi connectivity index (χ2n) is 4.52. The van der Waals surface area contributed by atoms with E-state index in [1.807, 2.05) is 0 Å². The monoisotopic (exact) mass is 475 g/mol. The fraction of sp³-hybridized carbons (Fsp3) is 0.176. The molecular weight excluding hydrogens is 461 g/mol. The lowest BCUT2D eigenvalue weighted by atomic mass is 10.2. The van der Waals surface area contributed by atoms with Crippen molar-refractivity contribution in [1.29, 1.82) is 0 Å². The van der Waals surface area contributed by atoms with E-state index in [4.69, 9.17) is 34.8 Å². The Morgan fingerprint density at radius 3 is 2.20 bits per heavy atom. The number of allylic oxidation sites excluding steroid dienone is 5. The van der Waals surface area contributed by atoms with E-state index in [2.05, 4.69) is 34.4 Å². The third kappa shape index (κ3) is 8.36. The molecule has 0 atom stereocenters. The zero-order valence-corrected chi connectivity index (χ0v) is 17.3. The standard InChI is InChI=1S/C9H11ClF3N.C8H5BrCl2/c1-4-7(9(11,12)13)5-8(10)6(2)14-3;1-2-5-3-6(10)4-7(9)8(5)11/h4-5,14H,1H2,2-3H3;2-4H,1H2/b7-5+,8-6-;. The van der Waals surface area contributed by atoms with E-state index < -0.39 is 11.7 Å². The Kier molecular flexibility index (Phi) is 10.6. The maximum atomic E-state index is 12.2. The second kappa shape index (κ2) is 11.0. The second-order valence-corrected chi connectivity index (χ2v) is 6.60. The fourth-order valence-electron chi connectivity index (χ4n) is 1.35. The molecule has 0 aliphatic heterocycles. The summed E-state index contributed by atoms with van der Waals surface area (Å²) in [5.41, 5.74) is 0.443. The predicted molar refractivity (Wildman–Crippen MR) is 106 cm³/mol. The van der Waals surface area contributed by atoms with Crippen molar-refractivity contribution in [2.75, 3.05) is 7.05 Å². The molecule has 1 aromatic carbocycles. The van der Waals surface area contributed by atoms with Gasteiger partial charge in [0, 0.05) is 22.2 Å². The van der Waals surface area contributed by atoms with Gasteiger partial charge in [-0.05, 0) is 46.6 Å². The van der Waals surface area contributed by atoms with Gasteiger partial charge in [-0.3, -0.25) is 0 Å². The molecule has 1 N–H and O–H groups in total. The van der Waals surface area contributed by atoms with Crippen LogP contribution in [0.15, 0.2) is 58.2 Å². The largest absolute Gasteiger partial charge is 0.416 e. The van der Waals surface area contributed by atoms with Gasteiger partial charge in [-0.1, -0.05) is 60.1 Å². The summed E-state index contributed by atoms with van der Waals surface area (Å²) < 4.78 is 37.4. The van der Waals surface area contributed by atoms with Crippen LogP contribution < -0.4 is 5.32 Å². The summed E-state index contributed by atoms with van der Waals surface area (Å²) in [5.74, 6) is 0. The minimum Gasteiger partial charge on any atom is -0.390 e. The van der Waals surface area contributed by atoms with Gasteiger partial charge in [0.25, 0.3) is 0 Å². The van der Waals surface area contributed by atoms with Gasteiger partial charge in [-0.15, -0.1) is 0 Å². The third-order valence-electron chi connectivity index (χ3n) is 2.80. The summed E-state index contributed by atoms with van der Waals surface area (Å²) >= 11 is 20.5. The molecule has 1 rings (SSSR count). The molecule has 0 saturated carbocycles. The molecule has 1 nitrogen and oxygen atoms in total. The van der Waals surface area contributed by atoms with Crippen LogP contribution in [0.25, 0.3) is 6.08 Å². The van der Waals surface area contributed by atoms with Crippen molar-refractivity contribution in [3.63, 3.8) is 0 Å². The van der Waals surface area contributed by atoms with Crippen LogP contribution in [0.2, 0.25) is 10.0 Å². The average Bonchev–Trinajstić information content (AvgIpc) is 2.54. The Labute approximate surface area is 169 Å². The van der Waals surface area contributed by atoms with Crippen molar-refractivity contribution in [3.05, 3.63) is 73.8 Å². The molecule has 8 heteroatoms. The van der Waals surface area contributed by atoms with Crippen LogP contribution in [0.5, 0.6) is 0 Å². The van der Waals surface area contributed by atoms with Crippen molar-refractivity contribution in [2.45, 2.75) is 13.1 Å². The molecule has 0 heterocycles. The highest BCUT2D eigenvalue weighted by Crippen LogP contribution is 2.30. The smallest absolute Gasteiger partial charge is 0.390 e. The number of alkyl halides is 3. The van der Waals surface area contributed by atoms with E-state index in [9.17, 15) is 13.2 Å². The average molecular weight is 478 g/mol. The Morgan fingerprint density at radius 1 is 1.24 bits per heavy atom. The summed E-state index contributed by atoms with van der Waals surface area (Å²) in [4.78, 5) is 0. The lowest BCUT2D eigenvalue weighted by Gasteiger charge is -2.07. The van der Waals surface area contributed by atoms with E-state index in [1.54, 1.807) is 32.2 Å². The van der Waals surface area contributed by atoms with Gasteiger partial charge in [0.05, 0.1) is 15.6 Å². The molecule has 138 valence electrons. The quantitative estimate of drug-likeness (QED) is 0.345. The minimum absolute atomic E-state index is 0.0136. The Hall–Kier alpha value is -0.880. The first-order valence-electron chi connectivity index (χ1n) is 6.70. The van der Waals surface area contributed by atoms with Crippen molar-refractivity contribution in [2.24, 2.45) is 0 Å². The molecule has 0 amide bonds. The van der Waals surface area contributed by atoms with Crippen LogP contribution in [-0.2, 0) is 0 Å². The van der Waals surface area contributed by atoms with Crippen LogP contribution in [0.3, 0.4) is 0 Å². The minimum atomic E-state index is -4.42. The number of rotatable bonds is 4. The van der Waals surface area contributed by atoms with Crippen molar-refractivity contribution >= 4 is 56.8 Å². The van der Waals surface area contributed by atoms with E-state index >= 15 is 0 Å². The Bertz CT molecular complexity index is 695. The highest BCUT2D eigenvalue weighted by Gasteiger charge is 2.31. The number of nitrogens with one attached hydrogen (secondary N) is 1. The van der Waals surface area contributed by atoms with E-state index in [0.717, 1.165) is 22.2 Å². The third-order valence-corrected chi connectivity index (χ3v) is 4.69. The van der Waals surface area contributed by atoms with Gasteiger partial charge in [0.15, 0.2) is 0 Å². The SMILES string of the molecule is C=C/C(=C\C(Cl)=C(/C)NC)C(F)(F)F.C=Cc1cc(Cl)cc(Br)c1Cl. The van der Waals surface area contributed by atoms with E-state index in [1.165, 1.54) is 0 Å². The maximum Gasteiger partial charge on any atom is 0.416 e. The maximum absolute atomic E-state index is 12.2. The van der Waals surface area contributed by atoms with Gasteiger partial charge in [0.2, 0.25) is 0 Å². The Balaban J connectivity index is 0.000000472. The first kappa shape index (κ1) is 24.1. The summed E-state index contributed by atoms with van der Waals surface area (Å²) in [7, 11) is 1.58. The fourth-order valence-corrected chi connectivity index (χ4v) is 2.58. The van der Waals surface area contributed by atoms with Crippen LogP contribution in [0.1, 0.15) is 12.5 Å². The zero-order chi connectivity index (χ0) is 19.8. The molecule has 25 heavy (non-hydrogen) atoms. The van der Waals surface area contributed by atoms with Gasteiger partial charge >= 0.3 is 6.18 Å². The van der Waals surface area contributed by atoms with Crippen LogP contribution in [-0.4, -0.2) is 13.2 Å². The molecule has 0 aromatic heterocycles. The molecule has 0 radical (unpaired) electrons. The number of halogens is 7. The molecular formula is C17H16BrCl3F3N. The van der Waals surface area contributed by atoms with E-state index in [0.29, 0.717) is 15.7 Å². The van der Waals surface area contributed by atoms with Crippen molar-refractivity contribution in [3.8, 4) is 0 Å². The van der Waals surface area contributed by atoms with Gasteiger partial charge in [-0.2, -0.15) is 13.2 Å². The first-order valence-corrected chi connectivity index (χ1v) is 8.63. The van der Waals surface area contributed by atoms with Crippen molar-refractivity contribution < 1.29 is 13.2 Å². The highest BCUT2D eigenvalue weighted by atomic mass is 79.9. The summed E-state index contributed by atoms with van der Waals surface area (Å²) in [6.07, 6.45) is -1.19. The number of hydrogen-bond acceptors (Lipinski definition) is 1. The molecule has 0 fully saturated rings. The molecule has 0 spiro atoms. The first-order chi connectivity index (χ1) is 11.5. The topological polar surface area (TPSA) is 12.0 Å². The summed E-state index contributed by atoms with van der Waals surface area (Å²) in [6, 6.07) is 3.51. The molecule has 1 aromatic rings. The van der Waals surface area contributed by atoms with Crippen LogP contribution in [0.4, 0.5) is 13.2 Å². The summed E-state index contributed by atoms with van der Waals surface area (Å²) in [5, 5.41) is 3.95. The zero-order valence-electron chi connectivity index (χ0n) is 13.4. The molecule has 0 bridgehead atoms. The lowest BCUT2D eigenvalue weighted by molar-refractivity contribution is -0.0881. The molecule has 0 saturated heterocycles. The van der Waals surface area contributed by atoms with Crippen LogP contribution in [0, 0.1) is 0 Å². The summed E-state index contributed by atoms with van der Waals surface area (Å²) in [6.45, 7) is 8.27. The highest BCUT2D eigenvalue weighted by molar-refractivity contribution is 9.10. The Morgan fingerprint density at radius 2 is 1.80 bits per heavy atom. The van der Waals surface area contributed by atoms with E-state index in [-0.39, 0.29) is 5.03 Å². The molecule has 0 aliphatic rings. The molecule has 0 unspecified atom stereocenters. The van der Waals surface area contributed by atoms with Gasteiger partial charge in [-0.25, -0.2) is 0 Å². The lowest BCUT2D eigenvalue weighted by Crippen LogP contribution is -2.10. The predicted octanol–water partition coefficient (Wildman–Crippen LogP) is 7.75. The molecule has 0 aliphatic carbocycles. The van der Waals surface area contributed by atoms with Crippen LogP contribution >= 0.6 is 50.7 Å². The van der Waals surface area contributed by atoms with Gasteiger partial charge < -0.3 is 5.32 Å². The van der Waals surface area contributed by atoms with Gasteiger partial charge in [0.1, 0.15) is 0 Å².